The van der Waals surface area contributed by atoms with Crippen molar-refractivity contribution in [2.45, 2.75) is 163 Å². The molecule has 512 valence electrons. The number of rotatable bonds is 14. The van der Waals surface area contributed by atoms with Crippen molar-refractivity contribution in [1.29, 1.82) is 0 Å². The van der Waals surface area contributed by atoms with Crippen molar-refractivity contribution in [3.05, 3.63) is 104 Å². The number of halogens is 4. The summed E-state index contributed by atoms with van der Waals surface area (Å²) in [7, 11) is -12.7. The summed E-state index contributed by atoms with van der Waals surface area (Å²) in [5, 5.41) is 22.0. The fraction of sp³-hybridized carbons (Fsp3) is 0.492. The van der Waals surface area contributed by atoms with Crippen LogP contribution in [0.2, 0.25) is 0 Å². The van der Waals surface area contributed by atoms with Gasteiger partial charge >= 0.3 is 30.2 Å². The molecule has 13 rings (SSSR count). The van der Waals surface area contributed by atoms with Gasteiger partial charge in [0.05, 0.1) is 51.5 Å². The first-order valence-electron chi connectivity index (χ1n) is 31.4. The van der Waals surface area contributed by atoms with E-state index >= 15 is 0 Å². The maximum absolute atomic E-state index is 14.0. The van der Waals surface area contributed by atoms with Gasteiger partial charge in [-0.25, -0.2) is 72.2 Å². The molecule has 3 aromatic carbocycles. The number of alkyl halides is 3. The number of benzene rings is 3. The molecule has 0 saturated heterocycles. The summed E-state index contributed by atoms with van der Waals surface area (Å²) in [6, 6.07) is 4.56. The number of nitrogens with two attached hydrogens (primary N) is 1. The van der Waals surface area contributed by atoms with Crippen LogP contribution in [0.3, 0.4) is 0 Å². The van der Waals surface area contributed by atoms with E-state index in [1.807, 2.05) is 37.1 Å². The van der Waals surface area contributed by atoms with E-state index in [0.717, 1.165) is 124 Å². The summed E-state index contributed by atoms with van der Waals surface area (Å²) in [6.07, 6.45) is 10.5. The van der Waals surface area contributed by atoms with Crippen LogP contribution in [0.15, 0.2) is 57.5 Å². The van der Waals surface area contributed by atoms with Gasteiger partial charge in [0, 0.05) is 55.0 Å². The highest BCUT2D eigenvalue weighted by atomic mass is 32.2. The Balaban J connectivity index is 0.000000146. The molecular weight excluding hydrogens is 1310 g/mol. The third-order valence-electron chi connectivity index (χ3n) is 17.6. The first-order valence-corrected chi connectivity index (χ1v) is 35.8. The molecule has 0 radical (unpaired) electrons. The van der Waals surface area contributed by atoms with Crippen LogP contribution in [0, 0.1) is 17.7 Å². The molecule has 3 aliphatic heterocycles. The van der Waals surface area contributed by atoms with Gasteiger partial charge in [-0.3, -0.25) is 4.79 Å². The number of aromatic nitrogens is 6. The Morgan fingerprint density at radius 2 is 0.926 bits per heavy atom. The van der Waals surface area contributed by atoms with Gasteiger partial charge in [-0.2, -0.15) is 28.5 Å². The van der Waals surface area contributed by atoms with Crippen molar-refractivity contribution in [3.63, 3.8) is 0 Å². The Kier molecular flexibility index (Phi) is 19.5. The summed E-state index contributed by atoms with van der Waals surface area (Å²) in [5.74, 6) is -2.98. The van der Waals surface area contributed by atoms with Gasteiger partial charge in [0.2, 0.25) is 17.6 Å². The van der Waals surface area contributed by atoms with E-state index in [2.05, 4.69) is 48.1 Å². The molecule has 2 unspecified atom stereocenters. The highest BCUT2D eigenvalue weighted by molar-refractivity contribution is 7.90. The second-order valence-corrected chi connectivity index (χ2v) is 29.9. The van der Waals surface area contributed by atoms with Crippen LogP contribution >= 0.6 is 0 Å². The molecule has 95 heavy (non-hydrogen) atoms. The monoisotopic (exact) mass is 1380 g/mol. The van der Waals surface area contributed by atoms with Crippen LogP contribution in [0.1, 0.15) is 127 Å². The minimum absolute atomic E-state index is 0.0253. The normalized spacial score (nSPS) is 17.5. The van der Waals surface area contributed by atoms with Gasteiger partial charge in [-0.15, -0.1) is 0 Å². The SMILES string of the molecule is CC(C)c1cc(F)cc(C(C)C)c1NC(=O)NS(=O)(=O)c1cnn2c1OCCC2.NCC1COc2c(S(=O)(=O)NC(=O)Nc3c4c(cc5c3CCC5)CCC4)cnn2C1.O=C(Nc1c2c(cc3c1CCC3)CCC2)NS(=O)(=O)c1cnn2c1OCC(CNC(=O)C(F)(F)F)C2. The van der Waals surface area contributed by atoms with Crippen LogP contribution in [-0.2, 0) is 106 Å². The number of ether oxygens (including phenoxy) is 3. The van der Waals surface area contributed by atoms with E-state index < -0.39 is 72.0 Å². The Bertz CT molecular complexity index is 4270. The molecule has 7 aliphatic rings. The maximum Gasteiger partial charge on any atom is 0.471 e. The molecular formula is C61H74F4N14O13S3. The van der Waals surface area contributed by atoms with Crippen LogP contribution in [0.4, 0.5) is 49.0 Å². The molecule has 34 heteroatoms. The number of hydrogen-bond donors (Lipinski definition) is 8. The Morgan fingerprint density at radius 1 is 0.547 bits per heavy atom. The number of sulfonamides is 3. The third kappa shape index (κ3) is 14.7. The summed E-state index contributed by atoms with van der Waals surface area (Å²) in [6.45, 7) is 9.19. The van der Waals surface area contributed by atoms with Gasteiger partial charge in [0.25, 0.3) is 30.1 Å². The molecule has 6 aromatic rings. The van der Waals surface area contributed by atoms with Crippen LogP contribution < -0.4 is 55.4 Å². The molecule has 0 fully saturated rings. The summed E-state index contributed by atoms with van der Waals surface area (Å²) >= 11 is 0. The molecule has 4 aliphatic carbocycles. The van der Waals surface area contributed by atoms with E-state index in [4.69, 9.17) is 19.9 Å². The number of carbonyl (C=O) groups excluding carboxylic acids is 4. The molecule has 0 spiro atoms. The standard InChI is InChI=1S/C22H24F3N5O5S.C20H25N5O4S.C19H25FN4O4S/c23-22(24,25)20(31)26-8-12-10-30-19(35-11-12)17(9-27-30)36(33,34)29-21(32)28-18-15-5-1-3-13(15)7-14-4-2-6-16(14)18;21-8-12-10-25-19(29-11-12)17(9-22-25)30(27,28)24-20(26)23-18-15-5-1-3-13(15)7-14-4-2-6-16(14)18;1-11(2)14-8-13(20)9-15(12(3)4)17(14)22-19(25)23-29(26,27)16-10-21-24-6-5-7-28-18(16)24/h7,9,12H,1-6,8,10-11H2,(H,26,31)(H2,28,29,32);7,9,12H,1-6,8,10-11,21H2,(H2,23,24,26);8-12H,5-7H2,1-4H3,(H2,22,23,25). The van der Waals surface area contributed by atoms with Gasteiger partial charge in [-0.1, -0.05) is 39.8 Å². The molecule has 27 nitrogen and oxygen atoms in total. The molecule has 6 heterocycles. The van der Waals surface area contributed by atoms with Gasteiger partial charge in [0.15, 0.2) is 14.7 Å². The largest absolute Gasteiger partial charge is 0.477 e. The van der Waals surface area contributed by atoms with Gasteiger partial charge < -0.3 is 41.2 Å². The molecule has 0 bridgehead atoms. The number of aryl methyl sites for hydroxylation is 5. The Hall–Kier alpha value is -8.50. The number of amides is 7. The van der Waals surface area contributed by atoms with Crippen molar-refractivity contribution in [1.82, 2.24) is 48.8 Å². The van der Waals surface area contributed by atoms with Crippen molar-refractivity contribution in [3.8, 4) is 17.6 Å². The Morgan fingerprint density at radius 3 is 1.33 bits per heavy atom. The highest BCUT2D eigenvalue weighted by Crippen LogP contribution is 2.41. The van der Waals surface area contributed by atoms with E-state index in [1.54, 1.807) is 5.32 Å². The fourth-order valence-corrected chi connectivity index (χ4v) is 16.0. The lowest BCUT2D eigenvalue weighted by molar-refractivity contribution is -0.173. The minimum Gasteiger partial charge on any atom is -0.477 e. The fourth-order valence-electron chi connectivity index (χ4n) is 13.0. The van der Waals surface area contributed by atoms with E-state index in [1.165, 1.54) is 54.6 Å². The molecule has 7 amide bonds. The number of nitrogens with zero attached hydrogens (tertiary/aromatic N) is 6. The lowest BCUT2D eigenvalue weighted by Crippen LogP contribution is -2.42. The first-order chi connectivity index (χ1) is 45.1. The zero-order valence-electron chi connectivity index (χ0n) is 52.5. The second kappa shape index (κ2) is 27.3. The number of hydrogen-bond acceptors (Lipinski definition) is 17. The smallest absolute Gasteiger partial charge is 0.471 e. The first kappa shape index (κ1) is 67.9. The van der Waals surface area contributed by atoms with Crippen LogP contribution in [-0.4, -0.2) is 118 Å². The predicted octanol–water partition coefficient (Wildman–Crippen LogP) is 6.96. The summed E-state index contributed by atoms with van der Waals surface area (Å²) < 4.78 is 155. The summed E-state index contributed by atoms with van der Waals surface area (Å²) in [5.41, 5.74) is 18.1. The number of nitrogens with one attached hydrogen (secondary N) is 7. The van der Waals surface area contributed by atoms with Gasteiger partial charge in [0.1, 0.15) is 5.82 Å². The number of urea groups is 3. The molecule has 9 N–H and O–H groups in total. The van der Waals surface area contributed by atoms with E-state index in [0.29, 0.717) is 55.3 Å². The quantitative estimate of drug-likeness (QED) is 0.0511. The zero-order valence-corrected chi connectivity index (χ0v) is 55.0. The van der Waals surface area contributed by atoms with E-state index in [9.17, 15) is 62.0 Å². The lowest BCUT2D eigenvalue weighted by Gasteiger charge is -2.25. The lowest BCUT2D eigenvalue weighted by atomic mass is 9.92. The minimum atomic E-state index is -5.00. The zero-order chi connectivity index (χ0) is 67.9. The summed E-state index contributed by atoms with van der Waals surface area (Å²) in [4.78, 5) is 48.4. The van der Waals surface area contributed by atoms with Crippen molar-refractivity contribution in [2.75, 3.05) is 48.9 Å². The predicted molar refractivity (Wildman–Crippen MR) is 336 cm³/mol. The number of anilines is 3. The average molecular weight is 1380 g/mol. The highest BCUT2D eigenvalue weighted by Gasteiger charge is 2.40. The molecule has 0 saturated carbocycles. The number of carbonyl (C=O) groups is 4. The van der Waals surface area contributed by atoms with Crippen molar-refractivity contribution >= 4 is 71.1 Å². The maximum atomic E-state index is 14.0. The van der Waals surface area contributed by atoms with Gasteiger partial charge in [-0.05, 0) is 157 Å². The van der Waals surface area contributed by atoms with Crippen LogP contribution in [0.5, 0.6) is 17.6 Å². The van der Waals surface area contributed by atoms with Crippen LogP contribution in [0.25, 0.3) is 0 Å². The molecule has 3 aromatic heterocycles. The topological polar surface area (TPSA) is 362 Å². The van der Waals surface area contributed by atoms with E-state index in [-0.39, 0.29) is 69.8 Å². The van der Waals surface area contributed by atoms with Crippen molar-refractivity contribution in [2.24, 2.45) is 17.6 Å². The second-order valence-electron chi connectivity index (χ2n) is 24.9. The average Bonchev–Trinajstić information content (AvgIpc) is 1.79. The van der Waals surface area contributed by atoms with Crippen molar-refractivity contribution < 1.29 is 76.2 Å². The Labute approximate surface area is 545 Å². The third-order valence-corrected chi connectivity index (χ3v) is 21.5. The molecule has 2 atom stereocenters. The number of fused-ring (bicyclic) bond motifs is 7.